The SMILES string of the molecule is COc1ccc(-c2nc(C(=O)NC3CCCNC3)cs2)cc1. The highest BCUT2D eigenvalue weighted by atomic mass is 32.1. The molecule has 0 bridgehead atoms. The second-order valence-corrected chi connectivity index (χ2v) is 6.14. The number of hydrogen-bond acceptors (Lipinski definition) is 5. The Morgan fingerprint density at radius 3 is 2.91 bits per heavy atom. The van der Waals surface area contributed by atoms with Gasteiger partial charge in [0, 0.05) is 23.5 Å². The molecule has 0 spiro atoms. The zero-order valence-corrected chi connectivity index (χ0v) is 13.3. The lowest BCUT2D eigenvalue weighted by molar-refractivity contribution is 0.0926. The summed E-state index contributed by atoms with van der Waals surface area (Å²) in [7, 11) is 1.64. The van der Waals surface area contributed by atoms with E-state index in [4.69, 9.17) is 4.74 Å². The summed E-state index contributed by atoms with van der Waals surface area (Å²) in [5.74, 6) is 0.716. The number of ether oxygens (including phenoxy) is 1. The van der Waals surface area contributed by atoms with Gasteiger partial charge in [-0.1, -0.05) is 0 Å². The molecule has 1 atom stereocenters. The maximum absolute atomic E-state index is 12.2. The number of benzene rings is 1. The van der Waals surface area contributed by atoms with Crippen LogP contribution in [0.3, 0.4) is 0 Å². The lowest BCUT2D eigenvalue weighted by Crippen LogP contribution is -2.45. The first-order valence-corrected chi connectivity index (χ1v) is 8.26. The fourth-order valence-corrected chi connectivity index (χ4v) is 3.28. The number of hydrogen-bond donors (Lipinski definition) is 2. The quantitative estimate of drug-likeness (QED) is 0.908. The predicted molar refractivity (Wildman–Crippen MR) is 87.5 cm³/mol. The largest absolute Gasteiger partial charge is 0.497 e. The number of amides is 1. The smallest absolute Gasteiger partial charge is 0.271 e. The van der Waals surface area contributed by atoms with Crippen LogP contribution in [0.15, 0.2) is 29.6 Å². The summed E-state index contributed by atoms with van der Waals surface area (Å²) in [6.45, 7) is 1.87. The number of nitrogens with zero attached hydrogens (tertiary/aromatic N) is 1. The highest BCUT2D eigenvalue weighted by Gasteiger charge is 2.18. The summed E-state index contributed by atoms with van der Waals surface area (Å²) in [5.41, 5.74) is 1.48. The van der Waals surface area contributed by atoms with E-state index in [1.807, 2.05) is 29.6 Å². The topological polar surface area (TPSA) is 63.2 Å². The molecule has 1 aliphatic rings. The average molecular weight is 317 g/mol. The Bertz CT molecular complexity index is 633. The summed E-state index contributed by atoms with van der Waals surface area (Å²) in [4.78, 5) is 16.7. The van der Waals surface area contributed by atoms with Crippen LogP contribution in [-0.4, -0.2) is 37.1 Å². The van der Waals surface area contributed by atoms with E-state index >= 15 is 0 Å². The third kappa shape index (κ3) is 3.45. The Morgan fingerprint density at radius 2 is 2.23 bits per heavy atom. The van der Waals surface area contributed by atoms with Gasteiger partial charge in [-0.2, -0.15) is 0 Å². The average Bonchev–Trinajstić information content (AvgIpc) is 3.06. The van der Waals surface area contributed by atoms with Crippen molar-refractivity contribution in [2.24, 2.45) is 0 Å². The molecular formula is C16H19N3O2S. The number of aromatic nitrogens is 1. The summed E-state index contributed by atoms with van der Waals surface area (Å²) in [6.07, 6.45) is 2.12. The van der Waals surface area contributed by atoms with Crippen molar-refractivity contribution >= 4 is 17.2 Å². The predicted octanol–water partition coefficient (Wildman–Crippen LogP) is 2.30. The molecule has 116 valence electrons. The van der Waals surface area contributed by atoms with Crippen molar-refractivity contribution in [3.8, 4) is 16.3 Å². The number of rotatable bonds is 4. The Hall–Kier alpha value is -1.92. The van der Waals surface area contributed by atoms with Crippen molar-refractivity contribution in [1.82, 2.24) is 15.6 Å². The molecule has 2 aromatic rings. The molecule has 1 aromatic carbocycles. The lowest BCUT2D eigenvalue weighted by atomic mass is 10.1. The van der Waals surface area contributed by atoms with Gasteiger partial charge in [0.05, 0.1) is 7.11 Å². The molecule has 1 amide bonds. The molecule has 0 aliphatic carbocycles. The molecule has 1 aromatic heterocycles. The number of piperidine rings is 1. The maximum Gasteiger partial charge on any atom is 0.271 e. The van der Waals surface area contributed by atoms with Gasteiger partial charge in [0.2, 0.25) is 0 Å². The first-order valence-electron chi connectivity index (χ1n) is 7.38. The molecule has 1 saturated heterocycles. The molecule has 6 heteroatoms. The van der Waals surface area contributed by atoms with Crippen LogP contribution in [0.5, 0.6) is 5.75 Å². The van der Waals surface area contributed by atoms with E-state index in [-0.39, 0.29) is 11.9 Å². The number of nitrogens with one attached hydrogen (secondary N) is 2. The van der Waals surface area contributed by atoms with Crippen molar-refractivity contribution in [1.29, 1.82) is 0 Å². The number of methoxy groups -OCH3 is 1. The second-order valence-electron chi connectivity index (χ2n) is 5.28. The van der Waals surface area contributed by atoms with Crippen LogP contribution >= 0.6 is 11.3 Å². The van der Waals surface area contributed by atoms with E-state index < -0.39 is 0 Å². The van der Waals surface area contributed by atoms with Crippen molar-refractivity contribution in [2.45, 2.75) is 18.9 Å². The minimum atomic E-state index is -0.0929. The molecule has 22 heavy (non-hydrogen) atoms. The van der Waals surface area contributed by atoms with Gasteiger partial charge >= 0.3 is 0 Å². The molecule has 5 nitrogen and oxygen atoms in total. The van der Waals surface area contributed by atoms with E-state index in [2.05, 4.69) is 15.6 Å². The molecule has 1 fully saturated rings. The summed E-state index contributed by atoms with van der Waals surface area (Å²) < 4.78 is 5.15. The minimum absolute atomic E-state index is 0.0929. The monoisotopic (exact) mass is 317 g/mol. The normalized spacial score (nSPS) is 18.0. The van der Waals surface area contributed by atoms with Gasteiger partial charge in [-0.3, -0.25) is 4.79 Å². The molecule has 0 saturated carbocycles. The van der Waals surface area contributed by atoms with Crippen LogP contribution in [0.4, 0.5) is 0 Å². The highest BCUT2D eigenvalue weighted by molar-refractivity contribution is 7.13. The van der Waals surface area contributed by atoms with Crippen molar-refractivity contribution in [3.05, 3.63) is 35.3 Å². The van der Waals surface area contributed by atoms with Gasteiger partial charge in [0.1, 0.15) is 16.5 Å². The van der Waals surface area contributed by atoms with E-state index in [9.17, 15) is 4.79 Å². The summed E-state index contributed by atoms with van der Waals surface area (Å²) >= 11 is 1.48. The van der Waals surface area contributed by atoms with Crippen LogP contribution in [0.1, 0.15) is 23.3 Å². The van der Waals surface area contributed by atoms with Crippen molar-refractivity contribution in [3.63, 3.8) is 0 Å². The van der Waals surface area contributed by atoms with Gasteiger partial charge in [-0.05, 0) is 43.7 Å². The minimum Gasteiger partial charge on any atom is -0.497 e. The Labute approximate surface area is 133 Å². The Balaban J connectivity index is 1.68. The van der Waals surface area contributed by atoms with Crippen molar-refractivity contribution < 1.29 is 9.53 Å². The number of carbonyl (C=O) groups is 1. The molecule has 1 unspecified atom stereocenters. The third-order valence-electron chi connectivity index (χ3n) is 3.71. The zero-order chi connectivity index (χ0) is 15.4. The van der Waals surface area contributed by atoms with Crippen LogP contribution in [-0.2, 0) is 0 Å². The Morgan fingerprint density at radius 1 is 1.41 bits per heavy atom. The van der Waals surface area contributed by atoms with E-state index in [1.165, 1.54) is 11.3 Å². The first kappa shape index (κ1) is 15.0. The van der Waals surface area contributed by atoms with Crippen LogP contribution in [0.2, 0.25) is 0 Å². The van der Waals surface area contributed by atoms with Gasteiger partial charge in [-0.25, -0.2) is 4.98 Å². The zero-order valence-electron chi connectivity index (χ0n) is 12.5. The maximum atomic E-state index is 12.2. The van der Waals surface area contributed by atoms with Gasteiger partial charge in [0.15, 0.2) is 0 Å². The number of carbonyl (C=O) groups excluding carboxylic acids is 1. The molecule has 2 heterocycles. The molecule has 3 rings (SSSR count). The van der Waals surface area contributed by atoms with E-state index in [0.29, 0.717) is 5.69 Å². The first-order chi connectivity index (χ1) is 10.8. The number of thiazole rings is 1. The summed E-state index contributed by atoms with van der Waals surface area (Å²) in [5, 5.41) is 8.98. The van der Waals surface area contributed by atoms with E-state index in [0.717, 1.165) is 42.3 Å². The molecule has 0 radical (unpaired) electrons. The van der Waals surface area contributed by atoms with Crippen molar-refractivity contribution in [2.75, 3.05) is 20.2 Å². The Kier molecular flexibility index (Phi) is 4.70. The third-order valence-corrected chi connectivity index (χ3v) is 4.60. The van der Waals surface area contributed by atoms with Gasteiger partial charge in [0.25, 0.3) is 5.91 Å². The van der Waals surface area contributed by atoms with Gasteiger partial charge < -0.3 is 15.4 Å². The van der Waals surface area contributed by atoms with E-state index in [1.54, 1.807) is 7.11 Å². The van der Waals surface area contributed by atoms with Crippen LogP contribution < -0.4 is 15.4 Å². The molecular weight excluding hydrogens is 298 g/mol. The fraction of sp³-hybridized carbons (Fsp3) is 0.375. The fourth-order valence-electron chi connectivity index (χ4n) is 2.48. The molecule has 2 N–H and O–H groups in total. The molecule has 1 aliphatic heterocycles. The highest BCUT2D eigenvalue weighted by Crippen LogP contribution is 2.25. The van der Waals surface area contributed by atoms with Crippen LogP contribution in [0.25, 0.3) is 10.6 Å². The van der Waals surface area contributed by atoms with Crippen LogP contribution in [0, 0.1) is 0 Å². The standard InChI is InChI=1S/C16H19N3O2S/c1-21-13-6-4-11(5-7-13)16-19-14(10-22-16)15(20)18-12-3-2-8-17-9-12/h4-7,10,12,17H,2-3,8-9H2,1H3,(H,18,20). The van der Waals surface area contributed by atoms with Gasteiger partial charge in [-0.15, -0.1) is 11.3 Å². The summed E-state index contributed by atoms with van der Waals surface area (Å²) in [6, 6.07) is 7.88. The second kappa shape index (κ2) is 6.89. The lowest BCUT2D eigenvalue weighted by Gasteiger charge is -2.23.